The number of hydrogen-bond donors (Lipinski definition) is 0. The minimum Gasteiger partial charge on any atom is -0.300 e. The summed E-state index contributed by atoms with van der Waals surface area (Å²) in [7, 11) is 0. The van der Waals surface area contributed by atoms with Gasteiger partial charge in [0, 0.05) is 17.3 Å². The van der Waals surface area contributed by atoms with E-state index in [0.717, 1.165) is 0 Å². The fourth-order valence-corrected chi connectivity index (χ4v) is 1.35. The summed E-state index contributed by atoms with van der Waals surface area (Å²) in [6.45, 7) is 1.51. The molecule has 5 heteroatoms. The molecular weight excluding hydrogens is 202 g/mol. The van der Waals surface area contributed by atoms with Crippen LogP contribution in [0.3, 0.4) is 0 Å². The summed E-state index contributed by atoms with van der Waals surface area (Å²) >= 11 is 5.79. The number of aromatic nitrogens is 3. The molecule has 2 aromatic heterocycles. The number of carbonyl (C=O) groups excluding carboxylic acids is 1. The van der Waals surface area contributed by atoms with Crippen molar-refractivity contribution >= 4 is 23.0 Å². The second kappa shape index (κ2) is 3.38. The predicted octanol–water partition coefficient (Wildman–Crippen LogP) is 1.51. The highest BCUT2D eigenvalue weighted by molar-refractivity contribution is 6.30. The molecule has 0 spiro atoms. The highest BCUT2D eigenvalue weighted by Gasteiger charge is 2.05. The number of rotatable bonds is 2. The smallest absolute Gasteiger partial charge is 0.159 e. The van der Waals surface area contributed by atoms with Gasteiger partial charge in [-0.2, -0.15) is 5.10 Å². The van der Waals surface area contributed by atoms with Gasteiger partial charge in [0.1, 0.15) is 5.78 Å². The summed E-state index contributed by atoms with van der Waals surface area (Å²) in [5, 5.41) is 4.73. The van der Waals surface area contributed by atoms with Gasteiger partial charge in [0.2, 0.25) is 0 Å². The third-order valence-corrected chi connectivity index (χ3v) is 1.99. The van der Waals surface area contributed by atoms with E-state index in [2.05, 4.69) is 10.1 Å². The van der Waals surface area contributed by atoms with Gasteiger partial charge in [-0.25, -0.2) is 9.50 Å². The van der Waals surface area contributed by atoms with Gasteiger partial charge in [0.15, 0.2) is 11.5 Å². The van der Waals surface area contributed by atoms with Crippen LogP contribution in [0.5, 0.6) is 0 Å². The summed E-state index contributed by atoms with van der Waals surface area (Å²) in [4.78, 5) is 15.0. The largest absolute Gasteiger partial charge is 0.300 e. The molecule has 0 saturated carbocycles. The van der Waals surface area contributed by atoms with Crippen LogP contribution in [0.4, 0.5) is 0 Å². The number of nitrogens with zero attached hydrogens (tertiary/aromatic N) is 3. The molecule has 2 heterocycles. The van der Waals surface area contributed by atoms with Crippen LogP contribution in [0.25, 0.3) is 5.65 Å². The molecule has 0 amide bonds. The van der Waals surface area contributed by atoms with E-state index in [1.54, 1.807) is 22.8 Å². The van der Waals surface area contributed by atoms with E-state index in [9.17, 15) is 4.79 Å². The molecule has 0 atom stereocenters. The minimum atomic E-state index is 0.0482. The maximum Gasteiger partial charge on any atom is 0.159 e. The number of Topliss-reactive ketones (excluding diaryl/α,β-unsaturated/α-hetero) is 1. The second-order valence-electron chi connectivity index (χ2n) is 3.05. The Morgan fingerprint density at radius 2 is 2.43 bits per heavy atom. The van der Waals surface area contributed by atoms with Crippen LogP contribution < -0.4 is 0 Å². The lowest BCUT2D eigenvalue weighted by Crippen LogP contribution is -1.98. The van der Waals surface area contributed by atoms with Crippen molar-refractivity contribution in [3.05, 3.63) is 29.2 Å². The summed E-state index contributed by atoms with van der Waals surface area (Å²) in [6.07, 6.45) is 1.98. The average Bonchev–Trinajstić information content (AvgIpc) is 2.44. The van der Waals surface area contributed by atoms with E-state index >= 15 is 0 Å². The lowest BCUT2D eigenvalue weighted by atomic mass is 10.3. The monoisotopic (exact) mass is 209 g/mol. The van der Waals surface area contributed by atoms with Crippen molar-refractivity contribution in [1.82, 2.24) is 14.6 Å². The fourth-order valence-electron chi connectivity index (χ4n) is 1.20. The minimum absolute atomic E-state index is 0.0482. The Bertz CT molecular complexity index is 492. The molecule has 0 fully saturated rings. The lowest BCUT2D eigenvalue weighted by Gasteiger charge is -1.89. The topological polar surface area (TPSA) is 47.3 Å². The molecule has 14 heavy (non-hydrogen) atoms. The summed E-state index contributed by atoms with van der Waals surface area (Å²) in [5.41, 5.74) is 0.661. The number of hydrogen-bond acceptors (Lipinski definition) is 3. The summed E-state index contributed by atoms with van der Waals surface area (Å²) in [6, 6.07) is 3.43. The molecular formula is C9H8ClN3O. The van der Waals surface area contributed by atoms with Gasteiger partial charge in [-0.3, -0.25) is 4.79 Å². The molecule has 0 aliphatic carbocycles. The van der Waals surface area contributed by atoms with E-state index in [-0.39, 0.29) is 12.2 Å². The van der Waals surface area contributed by atoms with Gasteiger partial charge in [0.25, 0.3) is 0 Å². The van der Waals surface area contributed by atoms with Crippen LogP contribution in [-0.4, -0.2) is 20.4 Å². The Kier molecular flexibility index (Phi) is 2.21. The Morgan fingerprint density at radius 3 is 3.14 bits per heavy atom. The highest BCUT2D eigenvalue weighted by Crippen LogP contribution is 2.10. The van der Waals surface area contributed by atoms with Gasteiger partial charge in [-0.05, 0) is 13.0 Å². The van der Waals surface area contributed by atoms with Crippen molar-refractivity contribution in [2.45, 2.75) is 13.3 Å². The normalized spacial score (nSPS) is 10.7. The van der Waals surface area contributed by atoms with Gasteiger partial charge < -0.3 is 0 Å². The zero-order valence-corrected chi connectivity index (χ0v) is 8.32. The van der Waals surface area contributed by atoms with Gasteiger partial charge in [0.05, 0.1) is 6.42 Å². The average molecular weight is 210 g/mol. The first-order valence-electron chi connectivity index (χ1n) is 4.15. The molecule has 0 aliphatic rings. The molecule has 0 radical (unpaired) electrons. The van der Waals surface area contributed by atoms with Crippen molar-refractivity contribution in [2.75, 3.05) is 0 Å². The lowest BCUT2D eigenvalue weighted by molar-refractivity contribution is -0.116. The van der Waals surface area contributed by atoms with Crippen molar-refractivity contribution < 1.29 is 4.79 Å². The standard InChI is InChI=1S/C9H8ClN3O/c1-6(14)4-8-11-9-5-7(10)2-3-13(9)12-8/h2-3,5H,4H2,1H3. The maximum absolute atomic E-state index is 10.8. The van der Waals surface area contributed by atoms with Gasteiger partial charge in [-0.15, -0.1) is 0 Å². The van der Waals surface area contributed by atoms with E-state index in [0.29, 0.717) is 16.5 Å². The number of ketones is 1. The van der Waals surface area contributed by atoms with E-state index in [1.807, 2.05) is 0 Å². The molecule has 0 saturated heterocycles. The highest BCUT2D eigenvalue weighted by atomic mass is 35.5. The summed E-state index contributed by atoms with van der Waals surface area (Å²) < 4.78 is 1.60. The molecule has 0 bridgehead atoms. The fraction of sp³-hybridized carbons (Fsp3) is 0.222. The molecule has 72 valence electrons. The van der Waals surface area contributed by atoms with Crippen LogP contribution in [0, 0.1) is 0 Å². The SMILES string of the molecule is CC(=O)Cc1nc2cc(Cl)ccn2n1. The van der Waals surface area contributed by atoms with Crippen molar-refractivity contribution in [3.8, 4) is 0 Å². The number of pyridine rings is 1. The zero-order chi connectivity index (χ0) is 10.1. The Balaban J connectivity index is 2.46. The molecule has 4 nitrogen and oxygen atoms in total. The third-order valence-electron chi connectivity index (χ3n) is 1.75. The first-order chi connectivity index (χ1) is 6.65. The molecule has 2 aromatic rings. The Hall–Kier alpha value is -1.42. The summed E-state index contributed by atoms with van der Waals surface area (Å²) in [5.74, 6) is 0.576. The van der Waals surface area contributed by atoms with Crippen molar-refractivity contribution in [2.24, 2.45) is 0 Å². The first-order valence-corrected chi connectivity index (χ1v) is 4.53. The number of carbonyl (C=O) groups is 1. The Labute approximate surface area is 85.5 Å². The van der Waals surface area contributed by atoms with Crippen LogP contribution in [0.1, 0.15) is 12.7 Å². The molecule has 2 rings (SSSR count). The first kappa shape index (κ1) is 9.15. The van der Waals surface area contributed by atoms with E-state index in [4.69, 9.17) is 11.6 Å². The molecule has 0 aliphatic heterocycles. The number of fused-ring (bicyclic) bond motifs is 1. The van der Waals surface area contributed by atoms with E-state index < -0.39 is 0 Å². The zero-order valence-electron chi connectivity index (χ0n) is 7.57. The molecule has 0 aromatic carbocycles. The van der Waals surface area contributed by atoms with Crippen molar-refractivity contribution in [3.63, 3.8) is 0 Å². The molecule has 0 unspecified atom stereocenters. The predicted molar refractivity (Wildman–Crippen MR) is 52.4 cm³/mol. The number of halogens is 1. The quantitative estimate of drug-likeness (QED) is 0.754. The van der Waals surface area contributed by atoms with Crippen LogP contribution in [0.2, 0.25) is 5.02 Å². The second-order valence-corrected chi connectivity index (χ2v) is 3.49. The van der Waals surface area contributed by atoms with Crippen LogP contribution in [0.15, 0.2) is 18.3 Å². The maximum atomic E-state index is 10.8. The van der Waals surface area contributed by atoms with Gasteiger partial charge >= 0.3 is 0 Å². The molecule has 0 N–H and O–H groups in total. The third kappa shape index (κ3) is 1.75. The Morgan fingerprint density at radius 1 is 1.64 bits per heavy atom. The van der Waals surface area contributed by atoms with Crippen molar-refractivity contribution in [1.29, 1.82) is 0 Å². The van der Waals surface area contributed by atoms with Crippen LogP contribution in [-0.2, 0) is 11.2 Å². The van der Waals surface area contributed by atoms with Crippen LogP contribution >= 0.6 is 11.6 Å². The van der Waals surface area contributed by atoms with Gasteiger partial charge in [-0.1, -0.05) is 11.6 Å². The van der Waals surface area contributed by atoms with E-state index in [1.165, 1.54) is 6.92 Å².